The minimum Gasteiger partial charge on any atom is -0.378 e. The first-order valence-electron chi connectivity index (χ1n) is 7.76. The van der Waals surface area contributed by atoms with Crippen molar-refractivity contribution in [2.24, 2.45) is 5.41 Å². The summed E-state index contributed by atoms with van der Waals surface area (Å²) >= 11 is 0. The van der Waals surface area contributed by atoms with Gasteiger partial charge in [0, 0.05) is 24.1 Å². The Morgan fingerprint density at radius 3 is 2.44 bits per heavy atom. The third kappa shape index (κ3) is 4.89. The number of rotatable bonds is 7. The van der Waals surface area contributed by atoms with Gasteiger partial charge in [-0.1, -0.05) is 32.6 Å². The fourth-order valence-corrected chi connectivity index (χ4v) is 2.81. The van der Waals surface area contributed by atoms with Crippen molar-refractivity contribution in [2.45, 2.75) is 84.8 Å². The largest absolute Gasteiger partial charge is 0.378 e. The second-order valence-corrected chi connectivity index (χ2v) is 7.04. The highest BCUT2D eigenvalue weighted by Gasteiger charge is 2.41. The minimum atomic E-state index is 0.207. The van der Waals surface area contributed by atoms with Crippen LogP contribution < -0.4 is 5.32 Å². The monoisotopic (exact) mass is 255 g/mol. The molecule has 0 bridgehead atoms. The van der Waals surface area contributed by atoms with Crippen LogP contribution in [-0.4, -0.2) is 24.8 Å². The lowest BCUT2D eigenvalue weighted by atomic mass is 9.76. The van der Waals surface area contributed by atoms with Gasteiger partial charge in [-0.15, -0.1) is 0 Å². The van der Waals surface area contributed by atoms with Crippen LogP contribution in [0.25, 0.3) is 0 Å². The third-order valence-electron chi connectivity index (χ3n) is 4.33. The molecule has 1 heterocycles. The van der Waals surface area contributed by atoms with Gasteiger partial charge in [0.2, 0.25) is 0 Å². The summed E-state index contributed by atoms with van der Waals surface area (Å²) in [7, 11) is 0. The second kappa shape index (κ2) is 6.91. The minimum absolute atomic E-state index is 0.207. The molecule has 0 amide bonds. The molecule has 1 rings (SSSR count). The Morgan fingerprint density at radius 2 is 1.94 bits per heavy atom. The maximum Gasteiger partial charge on any atom is 0.0616 e. The van der Waals surface area contributed by atoms with Crippen LogP contribution in [0.4, 0.5) is 0 Å². The van der Waals surface area contributed by atoms with E-state index in [9.17, 15) is 0 Å². The van der Waals surface area contributed by atoms with Crippen LogP contribution in [0.2, 0.25) is 0 Å². The molecule has 0 radical (unpaired) electrons. The average Bonchev–Trinajstić information content (AvgIpc) is 2.64. The average molecular weight is 255 g/mol. The van der Waals surface area contributed by atoms with Crippen molar-refractivity contribution in [3.63, 3.8) is 0 Å². The van der Waals surface area contributed by atoms with Gasteiger partial charge in [-0.2, -0.15) is 0 Å². The maximum atomic E-state index is 5.85. The van der Waals surface area contributed by atoms with Crippen LogP contribution in [0.15, 0.2) is 0 Å². The lowest BCUT2D eigenvalue weighted by Crippen LogP contribution is -2.46. The normalized spacial score (nSPS) is 28.8. The zero-order chi connectivity index (χ0) is 13.6. The standard InChI is InChI=1S/C16H33NO/c1-6-7-8-9-10-16(11-12-18-14(16)2)13-17-15(3,4)5/h14,17H,6-13H2,1-5H3. The molecule has 0 aromatic heterocycles. The van der Waals surface area contributed by atoms with Crippen LogP contribution in [0.3, 0.4) is 0 Å². The van der Waals surface area contributed by atoms with Gasteiger partial charge < -0.3 is 10.1 Å². The van der Waals surface area contributed by atoms with Crippen molar-refractivity contribution in [3.05, 3.63) is 0 Å². The van der Waals surface area contributed by atoms with E-state index >= 15 is 0 Å². The topological polar surface area (TPSA) is 21.3 Å². The van der Waals surface area contributed by atoms with Gasteiger partial charge in [0.05, 0.1) is 6.10 Å². The van der Waals surface area contributed by atoms with E-state index in [1.807, 2.05) is 0 Å². The zero-order valence-electron chi connectivity index (χ0n) is 13.1. The predicted octanol–water partition coefficient (Wildman–Crippen LogP) is 4.14. The van der Waals surface area contributed by atoms with E-state index in [1.54, 1.807) is 0 Å². The fraction of sp³-hybridized carbons (Fsp3) is 1.00. The highest BCUT2D eigenvalue weighted by atomic mass is 16.5. The molecule has 108 valence electrons. The molecule has 0 aliphatic carbocycles. The van der Waals surface area contributed by atoms with E-state index < -0.39 is 0 Å². The van der Waals surface area contributed by atoms with Gasteiger partial charge in [0.25, 0.3) is 0 Å². The van der Waals surface area contributed by atoms with E-state index in [1.165, 1.54) is 38.5 Å². The number of unbranched alkanes of at least 4 members (excludes halogenated alkanes) is 3. The molecule has 2 unspecified atom stereocenters. The Hall–Kier alpha value is -0.0800. The Morgan fingerprint density at radius 1 is 1.22 bits per heavy atom. The Balaban J connectivity index is 2.48. The summed E-state index contributed by atoms with van der Waals surface area (Å²) in [5.41, 5.74) is 0.583. The van der Waals surface area contributed by atoms with E-state index in [4.69, 9.17) is 4.74 Å². The van der Waals surface area contributed by atoms with E-state index in [0.29, 0.717) is 11.5 Å². The lowest BCUT2D eigenvalue weighted by molar-refractivity contribution is 0.0536. The smallest absolute Gasteiger partial charge is 0.0616 e. The van der Waals surface area contributed by atoms with Crippen molar-refractivity contribution in [3.8, 4) is 0 Å². The summed E-state index contributed by atoms with van der Waals surface area (Å²) in [4.78, 5) is 0. The number of nitrogens with one attached hydrogen (secondary N) is 1. The summed E-state index contributed by atoms with van der Waals surface area (Å²) < 4.78 is 5.85. The molecule has 1 aliphatic heterocycles. The third-order valence-corrected chi connectivity index (χ3v) is 4.33. The highest BCUT2D eigenvalue weighted by molar-refractivity contribution is 4.93. The van der Waals surface area contributed by atoms with Crippen LogP contribution >= 0.6 is 0 Å². The molecular weight excluding hydrogens is 222 g/mol. The van der Waals surface area contributed by atoms with Gasteiger partial charge in [0.15, 0.2) is 0 Å². The molecule has 1 saturated heterocycles. The second-order valence-electron chi connectivity index (χ2n) is 7.04. The highest BCUT2D eigenvalue weighted by Crippen LogP contribution is 2.39. The lowest BCUT2D eigenvalue weighted by Gasteiger charge is -2.36. The molecule has 0 aromatic rings. The quantitative estimate of drug-likeness (QED) is 0.690. The van der Waals surface area contributed by atoms with Crippen molar-refractivity contribution in [2.75, 3.05) is 13.2 Å². The number of ether oxygens (including phenoxy) is 1. The molecule has 1 aliphatic rings. The first kappa shape index (κ1) is 16.0. The summed E-state index contributed by atoms with van der Waals surface area (Å²) in [5.74, 6) is 0. The fourth-order valence-electron chi connectivity index (χ4n) is 2.81. The van der Waals surface area contributed by atoms with Gasteiger partial charge in [-0.05, 0) is 40.5 Å². The summed E-state index contributed by atoms with van der Waals surface area (Å²) in [5, 5.41) is 3.70. The van der Waals surface area contributed by atoms with Crippen LogP contribution in [-0.2, 0) is 4.74 Å². The van der Waals surface area contributed by atoms with E-state index in [-0.39, 0.29) is 5.54 Å². The van der Waals surface area contributed by atoms with Crippen LogP contribution in [0.5, 0.6) is 0 Å². The Bertz CT molecular complexity index is 234. The molecule has 18 heavy (non-hydrogen) atoms. The zero-order valence-corrected chi connectivity index (χ0v) is 13.1. The summed E-state index contributed by atoms with van der Waals surface area (Å²) in [6.45, 7) is 13.3. The van der Waals surface area contributed by atoms with Crippen molar-refractivity contribution < 1.29 is 4.74 Å². The summed E-state index contributed by atoms with van der Waals surface area (Å²) in [6.07, 6.45) is 8.38. The SMILES string of the molecule is CCCCCCC1(CNC(C)(C)C)CCOC1C. The summed E-state index contributed by atoms with van der Waals surface area (Å²) in [6, 6.07) is 0. The van der Waals surface area contributed by atoms with Crippen LogP contribution in [0.1, 0.15) is 73.1 Å². The van der Waals surface area contributed by atoms with Gasteiger partial charge in [0.1, 0.15) is 0 Å². The Labute approximate surface area is 114 Å². The maximum absolute atomic E-state index is 5.85. The Kier molecular flexibility index (Phi) is 6.13. The molecule has 2 atom stereocenters. The van der Waals surface area contributed by atoms with E-state index in [2.05, 4.69) is 39.9 Å². The van der Waals surface area contributed by atoms with Crippen molar-refractivity contribution in [1.29, 1.82) is 0 Å². The molecule has 2 heteroatoms. The van der Waals surface area contributed by atoms with Crippen molar-refractivity contribution in [1.82, 2.24) is 5.32 Å². The van der Waals surface area contributed by atoms with Gasteiger partial charge in [-0.3, -0.25) is 0 Å². The molecule has 0 aromatic carbocycles. The molecular formula is C16H33NO. The number of hydrogen-bond donors (Lipinski definition) is 1. The molecule has 0 saturated carbocycles. The van der Waals surface area contributed by atoms with Crippen molar-refractivity contribution >= 4 is 0 Å². The molecule has 1 N–H and O–H groups in total. The van der Waals surface area contributed by atoms with Gasteiger partial charge >= 0.3 is 0 Å². The first-order valence-corrected chi connectivity index (χ1v) is 7.76. The predicted molar refractivity (Wildman–Crippen MR) is 79.0 cm³/mol. The molecule has 1 fully saturated rings. The molecule has 0 spiro atoms. The van der Waals surface area contributed by atoms with E-state index in [0.717, 1.165) is 13.2 Å². The number of hydrogen-bond acceptors (Lipinski definition) is 2. The first-order chi connectivity index (χ1) is 8.40. The van der Waals surface area contributed by atoms with Crippen LogP contribution in [0, 0.1) is 5.41 Å². The van der Waals surface area contributed by atoms with Gasteiger partial charge in [-0.25, -0.2) is 0 Å². The molecule has 2 nitrogen and oxygen atoms in total.